The number of nitrogens with one attached hydrogen (secondary N) is 1. The Bertz CT molecular complexity index is 673. The lowest BCUT2D eigenvalue weighted by atomic mass is 10.1. The van der Waals surface area contributed by atoms with E-state index < -0.39 is 12.1 Å². The number of hydrogen-bond acceptors (Lipinski definition) is 3. The molecule has 3 N–H and O–H groups in total. The molecule has 4 heteroatoms. The van der Waals surface area contributed by atoms with E-state index >= 15 is 0 Å². The molecular weight excluding hydrogens is 446 g/mol. The first-order valence-corrected chi connectivity index (χ1v) is 14.2. The third-order valence-electron chi connectivity index (χ3n) is 5.63. The highest BCUT2D eigenvalue weighted by molar-refractivity contribution is 5.76. The molecule has 0 radical (unpaired) electrons. The van der Waals surface area contributed by atoms with Crippen LogP contribution >= 0.6 is 0 Å². The molecule has 0 saturated heterocycles. The van der Waals surface area contributed by atoms with E-state index in [2.05, 4.69) is 79.9 Å². The van der Waals surface area contributed by atoms with Gasteiger partial charge in [0.15, 0.2) is 0 Å². The number of carbonyl (C=O) groups excluding carboxylic acids is 1. The molecule has 36 heavy (non-hydrogen) atoms. The molecule has 0 aliphatic carbocycles. The largest absolute Gasteiger partial charge is 0.394 e. The van der Waals surface area contributed by atoms with E-state index in [4.69, 9.17) is 0 Å². The van der Waals surface area contributed by atoms with E-state index in [0.29, 0.717) is 6.42 Å². The van der Waals surface area contributed by atoms with Crippen molar-refractivity contribution in [1.82, 2.24) is 5.32 Å². The van der Waals surface area contributed by atoms with Crippen molar-refractivity contribution < 1.29 is 15.0 Å². The molecule has 0 saturated carbocycles. The SMILES string of the molecule is CC/C=C\C/C=C\C/C=C\CCCCCC(=O)NC(CO)C(O)/C=C/CC/C=C/CC/C=C/CCC. The van der Waals surface area contributed by atoms with Gasteiger partial charge < -0.3 is 15.5 Å². The van der Waals surface area contributed by atoms with Crippen molar-refractivity contribution >= 4 is 5.91 Å². The van der Waals surface area contributed by atoms with Crippen LogP contribution < -0.4 is 5.32 Å². The van der Waals surface area contributed by atoms with Crippen LogP contribution in [0.3, 0.4) is 0 Å². The van der Waals surface area contributed by atoms with E-state index in [-0.39, 0.29) is 12.5 Å². The van der Waals surface area contributed by atoms with E-state index in [0.717, 1.165) is 77.0 Å². The zero-order valence-corrected chi connectivity index (χ0v) is 23.0. The fourth-order valence-electron chi connectivity index (χ4n) is 3.46. The van der Waals surface area contributed by atoms with Crippen molar-refractivity contribution in [3.63, 3.8) is 0 Å². The quantitative estimate of drug-likeness (QED) is 0.0998. The normalized spacial score (nSPS) is 14.4. The highest BCUT2D eigenvalue weighted by Gasteiger charge is 2.17. The molecule has 2 unspecified atom stereocenters. The maximum Gasteiger partial charge on any atom is 0.220 e. The summed E-state index contributed by atoms with van der Waals surface area (Å²) in [6, 6.07) is -0.660. The molecule has 0 aromatic rings. The molecule has 2 atom stereocenters. The highest BCUT2D eigenvalue weighted by Crippen LogP contribution is 2.06. The summed E-state index contributed by atoms with van der Waals surface area (Å²) in [6.45, 7) is 4.04. The number of rotatable bonds is 23. The van der Waals surface area contributed by atoms with E-state index in [9.17, 15) is 15.0 Å². The Morgan fingerprint density at radius 1 is 0.694 bits per heavy atom. The van der Waals surface area contributed by atoms with Crippen molar-refractivity contribution in [1.29, 1.82) is 0 Å². The Morgan fingerprint density at radius 2 is 1.25 bits per heavy atom. The minimum absolute atomic E-state index is 0.116. The average Bonchev–Trinajstić information content (AvgIpc) is 2.88. The number of hydrogen-bond donors (Lipinski definition) is 3. The minimum atomic E-state index is -0.881. The number of amides is 1. The Balaban J connectivity index is 3.89. The van der Waals surface area contributed by atoms with Gasteiger partial charge in [0.2, 0.25) is 5.91 Å². The summed E-state index contributed by atoms with van der Waals surface area (Å²) in [5.41, 5.74) is 0. The van der Waals surface area contributed by atoms with Crippen molar-refractivity contribution in [2.45, 2.75) is 116 Å². The summed E-state index contributed by atoms with van der Waals surface area (Å²) >= 11 is 0. The fraction of sp³-hybridized carbons (Fsp3) is 0.594. The molecule has 0 bridgehead atoms. The molecule has 4 nitrogen and oxygen atoms in total. The first-order valence-electron chi connectivity index (χ1n) is 14.2. The maximum absolute atomic E-state index is 12.2. The lowest BCUT2D eigenvalue weighted by molar-refractivity contribution is -0.123. The van der Waals surface area contributed by atoms with Crippen LogP contribution in [0.1, 0.15) is 104 Å². The molecular formula is C32H53NO3. The second-order valence-corrected chi connectivity index (χ2v) is 9.05. The van der Waals surface area contributed by atoms with Crippen LogP contribution in [0.25, 0.3) is 0 Å². The zero-order chi connectivity index (χ0) is 26.5. The molecule has 0 aromatic carbocycles. The summed E-state index contributed by atoms with van der Waals surface area (Å²) < 4.78 is 0. The predicted molar refractivity (Wildman–Crippen MR) is 156 cm³/mol. The van der Waals surface area contributed by atoms with Gasteiger partial charge in [0.05, 0.1) is 18.8 Å². The number of carbonyl (C=O) groups is 1. The topological polar surface area (TPSA) is 69.6 Å². The molecule has 204 valence electrons. The van der Waals surface area contributed by atoms with Gasteiger partial charge in [-0.3, -0.25) is 4.79 Å². The molecule has 0 heterocycles. The predicted octanol–water partition coefficient (Wildman–Crippen LogP) is 7.66. The summed E-state index contributed by atoms with van der Waals surface area (Å²) in [4.78, 5) is 12.2. The summed E-state index contributed by atoms with van der Waals surface area (Å²) in [7, 11) is 0. The van der Waals surface area contributed by atoms with Crippen LogP contribution in [0.15, 0.2) is 72.9 Å². The summed E-state index contributed by atoms with van der Waals surface area (Å²) in [6.07, 6.45) is 38.3. The van der Waals surface area contributed by atoms with Crippen molar-refractivity contribution in [2.75, 3.05) is 6.61 Å². The lowest BCUT2D eigenvalue weighted by Crippen LogP contribution is -2.45. The number of allylic oxidation sites excluding steroid dienone is 11. The first kappa shape index (κ1) is 33.8. The molecule has 0 spiro atoms. The number of unbranched alkanes of at least 4 members (excludes halogenated alkanes) is 6. The van der Waals surface area contributed by atoms with Crippen LogP contribution in [0, 0.1) is 0 Å². The van der Waals surface area contributed by atoms with Crippen LogP contribution in [0.2, 0.25) is 0 Å². The van der Waals surface area contributed by atoms with E-state index in [1.54, 1.807) is 6.08 Å². The third-order valence-corrected chi connectivity index (χ3v) is 5.63. The third kappa shape index (κ3) is 23.6. The second kappa shape index (κ2) is 27.4. The Hall–Kier alpha value is -2.17. The van der Waals surface area contributed by atoms with Gasteiger partial charge in [-0.05, 0) is 70.6 Å². The first-order chi connectivity index (χ1) is 17.7. The van der Waals surface area contributed by atoms with Crippen molar-refractivity contribution in [3.05, 3.63) is 72.9 Å². The minimum Gasteiger partial charge on any atom is -0.394 e. The van der Waals surface area contributed by atoms with Crippen molar-refractivity contribution in [3.8, 4) is 0 Å². The zero-order valence-electron chi connectivity index (χ0n) is 23.0. The average molecular weight is 500 g/mol. The van der Waals surface area contributed by atoms with Gasteiger partial charge in [-0.2, -0.15) is 0 Å². The Morgan fingerprint density at radius 3 is 1.86 bits per heavy atom. The monoisotopic (exact) mass is 499 g/mol. The molecule has 0 aliphatic rings. The van der Waals surface area contributed by atoms with Crippen LogP contribution in [0.4, 0.5) is 0 Å². The van der Waals surface area contributed by atoms with Gasteiger partial charge in [0.1, 0.15) is 0 Å². The van der Waals surface area contributed by atoms with Crippen LogP contribution in [-0.2, 0) is 4.79 Å². The lowest BCUT2D eigenvalue weighted by Gasteiger charge is -2.19. The van der Waals surface area contributed by atoms with Gasteiger partial charge in [0.25, 0.3) is 0 Å². The van der Waals surface area contributed by atoms with E-state index in [1.165, 1.54) is 6.42 Å². The smallest absolute Gasteiger partial charge is 0.220 e. The molecule has 0 aromatic heterocycles. The Kier molecular flexibility index (Phi) is 25.8. The molecule has 0 fully saturated rings. The summed E-state index contributed by atoms with van der Waals surface area (Å²) in [5.74, 6) is -0.116. The van der Waals surface area contributed by atoms with Crippen molar-refractivity contribution in [2.24, 2.45) is 0 Å². The van der Waals surface area contributed by atoms with Crippen LogP contribution in [-0.4, -0.2) is 34.9 Å². The number of aliphatic hydroxyl groups is 2. The van der Waals surface area contributed by atoms with Crippen LogP contribution in [0.5, 0.6) is 0 Å². The fourth-order valence-corrected chi connectivity index (χ4v) is 3.46. The maximum atomic E-state index is 12.2. The molecule has 0 aliphatic heterocycles. The van der Waals surface area contributed by atoms with Gasteiger partial charge in [0, 0.05) is 6.42 Å². The van der Waals surface area contributed by atoms with Gasteiger partial charge in [-0.25, -0.2) is 0 Å². The second-order valence-electron chi connectivity index (χ2n) is 9.05. The standard InChI is InChI=1S/C32H53NO3/c1-3-5-7-9-11-13-15-16-18-20-22-24-26-28-32(36)33-30(29-34)31(35)27-25-23-21-19-17-14-12-10-8-6-4-2/h5,7-8,10-11,13,16-19,25,27,30-31,34-35H,3-4,6,9,12,14-15,20-24,26,28-29H2,1-2H3,(H,33,36)/b7-5-,10-8+,13-11-,18-16-,19-17+,27-25+. The van der Waals surface area contributed by atoms with Gasteiger partial charge in [-0.1, -0.05) is 99.6 Å². The van der Waals surface area contributed by atoms with E-state index in [1.807, 2.05) is 6.08 Å². The Labute approximate surface area is 221 Å². The highest BCUT2D eigenvalue weighted by atomic mass is 16.3. The van der Waals surface area contributed by atoms with Gasteiger partial charge >= 0.3 is 0 Å². The molecule has 1 amide bonds. The number of aliphatic hydroxyl groups excluding tert-OH is 2. The van der Waals surface area contributed by atoms with Gasteiger partial charge in [-0.15, -0.1) is 0 Å². The summed E-state index contributed by atoms with van der Waals surface area (Å²) in [5, 5.41) is 22.6. The molecule has 0 rings (SSSR count).